The summed E-state index contributed by atoms with van der Waals surface area (Å²) in [6.07, 6.45) is 6.16. The van der Waals surface area contributed by atoms with Gasteiger partial charge in [0.05, 0.1) is 12.1 Å². The molecular formula is C25H20N2O. The highest BCUT2D eigenvalue weighted by Crippen LogP contribution is 2.30. The Balaban J connectivity index is 1.62. The summed E-state index contributed by atoms with van der Waals surface area (Å²) in [5.74, 6) is 0. The van der Waals surface area contributed by atoms with E-state index in [0.29, 0.717) is 6.54 Å². The van der Waals surface area contributed by atoms with Crippen LogP contribution in [0.5, 0.6) is 0 Å². The van der Waals surface area contributed by atoms with Crippen LogP contribution in [0, 0.1) is 0 Å². The van der Waals surface area contributed by atoms with Crippen molar-refractivity contribution in [3.8, 4) is 0 Å². The van der Waals surface area contributed by atoms with Crippen molar-refractivity contribution in [2.24, 2.45) is 0 Å². The second-order valence-corrected chi connectivity index (χ2v) is 6.92. The molecule has 0 saturated carbocycles. The molecule has 2 aromatic heterocycles. The average Bonchev–Trinajstić information content (AvgIpc) is 3.06. The molecule has 0 fully saturated rings. The highest BCUT2D eigenvalue weighted by molar-refractivity contribution is 6.08. The van der Waals surface area contributed by atoms with Gasteiger partial charge in [-0.1, -0.05) is 54.6 Å². The van der Waals surface area contributed by atoms with Crippen molar-refractivity contribution in [2.45, 2.75) is 6.54 Å². The third-order valence-corrected chi connectivity index (χ3v) is 5.26. The summed E-state index contributed by atoms with van der Waals surface area (Å²) >= 11 is 0. The number of pyridine rings is 1. The van der Waals surface area contributed by atoms with E-state index in [1.165, 1.54) is 10.8 Å². The van der Waals surface area contributed by atoms with Gasteiger partial charge in [-0.3, -0.25) is 4.98 Å². The van der Waals surface area contributed by atoms with E-state index in [-0.39, 0.29) is 6.61 Å². The molecule has 28 heavy (non-hydrogen) atoms. The van der Waals surface area contributed by atoms with Crippen LogP contribution in [-0.4, -0.2) is 21.3 Å². The number of para-hydroxylation sites is 2. The van der Waals surface area contributed by atoms with Crippen LogP contribution in [0.1, 0.15) is 11.1 Å². The molecule has 0 aliphatic rings. The van der Waals surface area contributed by atoms with Gasteiger partial charge in [0.1, 0.15) is 0 Å². The van der Waals surface area contributed by atoms with Crippen molar-refractivity contribution in [1.82, 2.24) is 9.55 Å². The molecule has 5 rings (SSSR count). The fourth-order valence-electron chi connectivity index (χ4n) is 3.97. The van der Waals surface area contributed by atoms with Crippen molar-refractivity contribution in [3.63, 3.8) is 0 Å². The number of nitrogens with zero attached hydrogens (tertiary/aromatic N) is 2. The van der Waals surface area contributed by atoms with Crippen LogP contribution >= 0.6 is 0 Å². The largest absolute Gasteiger partial charge is 0.395 e. The average molecular weight is 364 g/mol. The Morgan fingerprint density at radius 3 is 2.46 bits per heavy atom. The van der Waals surface area contributed by atoms with Crippen LogP contribution in [0.25, 0.3) is 44.9 Å². The summed E-state index contributed by atoms with van der Waals surface area (Å²) in [6.45, 7) is 0.729. The molecule has 0 radical (unpaired) electrons. The first-order valence-electron chi connectivity index (χ1n) is 9.49. The molecule has 0 spiro atoms. The highest BCUT2D eigenvalue weighted by atomic mass is 16.3. The van der Waals surface area contributed by atoms with Crippen LogP contribution in [0.15, 0.2) is 79.0 Å². The maximum absolute atomic E-state index is 9.47. The monoisotopic (exact) mass is 364 g/mol. The predicted molar refractivity (Wildman–Crippen MR) is 117 cm³/mol. The SMILES string of the molecule is OCCn1c2ccccc2c2cc(/C=C/c3ccnc4ccccc34)ccc21. The Kier molecular flexibility index (Phi) is 4.15. The minimum atomic E-state index is 0.130. The standard InChI is InChI=1S/C25H20N2O/c28-16-15-27-24-8-4-2-6-21(24)22-17-18(10-12-25(22)27)9-11-19-13-14-26-23-7-3-1-5-20(19)23/h1-14,17,28H,15-16H2/b11-9+. The van der Waals surface area contributed by atoms with E-state index in [2.05, 4.69) is 64.2 Å². The smallest absolute Gasteiger partial charge is 0.0707 e. The van der Waals surface area contributed by atoms with E-state index in [9.17, 15) is 5.11 Å². The number of aromatic nitrogens is 2. The lowest BCUT2D eigenvalue weighted by Gasteiger charge is -2.05. The fourth-order valence-corrected chi connectivity index (χ4v) is 3.97. The van der Waals surface area contributed by atoms with Crippen molar-refractivity contribution in [1.29, 1.82) is 0 Å². The van der Waals surface area contributed by atoms with E-state index in [1.807, 2.05) is 36.5 Å². The minimum Gasteiger partial charge on any atom is -0.395 e. The van der Waals surface area contributed by atoms with Gasteiger partial charge in [0, 0.05) is 39.9 Å². The lowest BCUT2D eigenvalue weighted by atomic mass is 10.1. The van der Waals surface area contributed by atoms with Gasteiger partial charge in [-0.2, -0.15) is 0 Å². The number of hydrogen-bond acceptors (Lipinski definition) is 2. The summed E-state index contributed by atoms with van der Waals surface area (Å²) in [4.78, 5) is 4.44. The van der Waals surface area contributed by atoms with E-state index >= 15 is 0 Å². The number of fused-ring (bicyclic) bond motifs is 4. The Morgan fingerprint density at radius 2 is 1.57 bits per heavy atom. The second-order valence-electron chi connectivity index (χ2n) is 6.92. The molecule has 0 aliphatic carbocycles. The molecule has 0 bridgehead atoms. The topological polar surface area (TPSA) is 38.0 Å². The van der Waals surface area contributed by atoms with E-state index in [4.69, 9.17) is 0 Å². The van der Waals surface area contributed by atoms with Crippen molar-refractivity contribution in [3.05, 3.63) is 90.1 Å². The van der Waals surface area contributed by atoms with Crippen molar-refractivity contribution < 1.29 is 5.11 Å². The number of aliphatic hydroxyl groups is 1. The third kappa shape index (κ3) is 2.77. The predicted octanol–water partition coefficient (Wildman–Crippen LogP) is 5.51. The Labute approximate surface area is 163 Å². The second kappa shape index (κ2) is 6.95. The molecular weight excluding hydrogens is 344 g/mol. The molecule has 3 aromatic carbocycles. The quantitative estimate of drug-likeness (QED) is 0.457. The summed E-state index contributed by atoms with van der Waals surface area (Å²) in [7, 11) is 0. The van der Waals surface area contributed by atoms with Gasteiger partial charge >= 0.3 is 0 Å². The lowest BCUT2D eigenvalue weighted by molar-refractivity contribution is 0.280. The summed E-state index contributed by atoms with van der Waals surface area (Å²) in [5.41, 5.74) is 5.63. The number of benzene rings is 3. The van der Waals surface area contributed by atoms with Crippen LogP contribution < -0.4 is 0 Å². The number of rotatable bonds is 4. The van der Waals surface area contributed by atoms with Gasteiger partial charge in [-0.15, -0.1) is 0 Å². The first-order valence-corrected chi connectivity index (χ1v) is 9.49. The molecule has 0 aliphatic heterocycles. The van der Waals surface area contributed by atoms with Gasteiger partial charge in [0.15, 0.2) is 0 Å². The van der Waals surface area contributed by atoms with Crippen molar-refractivity contribution >= 4 is 44.9 Å². The molecule has 136 valence electrons. The summed E-state index contributed by atoms with van der Waals surface area (Å²) in [6, 6.07) is 25.1. The van der Waals surface area contributed by atoms with Crippen LogP contribution in [0.4, 0.5) is 0 Å². The Bertz CT molecular complexity index is 1330. The van der Waals surface area contributed by atoms with Gasteiger partial charge in [0.25, 0.3) is 0 Å². The Morgan fingerprint density at radius 1 is 0.786 bits per heavy atom. The zero-order valence-corrected chi connectivity index (χ0v) is 15.4. The molecule has 0 atom stereocenters. The molecule has 2 heterocycles. The van der Waals surface area contributed by atoms with Crippen LogP contribution in [-0.2, 0) is 6.54 Å². The highest BCUT2D eigenvalue weighted by Gasteiger charge is 2.09. The third-order valence-electron chi connectivity index (χ3n) is 5.26. The first-order chi connectivity index (χ1) is 13.8. The number of aliphatic hydroxyl groups excluding tert-OH is 1. The van der Waals surface area contributed by atoms with Gasteiger partial charge < -0.3 is 9.67 Å². The molecule has 0 amide bonds. The molecule has 0 saturated heterocycles. The Hall–Kier alpha value is -3.43. The maximum atomic E-state index is 9.47. The fraction of sp³-hybridized carbons (Fsp3) is 0.0800. The zero-order chi connectivity index (χ0) is 18.9. The summed E-state index contributed by atoms with van der Waals surface area (Å²) < 4.78 is 2.19. The molecule has 5 aromatic rings. The van der Waals surface area contributed by atoms with Gasteiger partial charge in [0.2, 0.25) is 0 Å². The molecule has 3 nitrogen and oxygen atoms in total. The zero-order valence-electron chi connectivity index (χ0n) is 15.4. The normalized spacial score (nSPS) is 11.9. The van der Waals surface area contributed by atoms with Crippen LogP contribution in [0.3, 0.4) is 0 Å². The molecule has 1 N–H and O–H groups in total. The van der Waals surface area contributed by atoms with E-state index in [0.717, 1.165) is 33.1 Å². The summed E-state index contributed by atoms with van der Waals surface area (Å²) in [5, 5.41) is 13.1. The molecule has 0 unspecified atom stereocenters. The molecule has 3 heteroatoms. The van der Waals surface area contributed by atoms with Gasteiger partial charge in [-0.25, -0.2) is 0 Å². The van der Waals surface area contributed by atoms with E-state index < -0.39 is 0 Å². The first kappa shape index (κ1) is 16.7. The van der Waals surface area contributed by atoms with E-state index in [1.54, 1.807) is 0 Å². The van der Waals surface area contributed by atoms with Crippen molar-refractivity contribution in [2.75, 3.05) is 6.61 Å². The number of hydrogen-bond donors (Lipinski definition) is 1. The lowest BCUT2D eigenvalue weighted by Crippen LogP contribution is -2.01. The van der Waals surface area contributed by atoms with Gasteiger partial charge in [-0.05, 0) is 41.5 Å². The minimum absolute atomic E-state index is 0.130. The maximum Gasteiger partial charge on any atom is 0.0707 e. The van der Waals surface area contributed by atoms with Crippen LogP contribution in [0.2, 0.25) is 0 Å².